The van der Waals surface area contributed by atoms with Gasteiger partial charge < -0.3 is 16.2 Å². The molecular formula is C23H26N6O2. The molecule has 3 fully saturated rings. The number of nitrogens with two attached hydrogens (primary N) is 1. The minimum atomic E-state index is -0.551. The van der Waals surface area contributed by atoms with Crippen molar-refractivity contribution in [2.24, 2.45) is 7.05 Å². The lowest BCUT2D eigenvalue weighted by atomic mass is 9.63. The molecule has 3 saturated carbocycles. The van der Waals surface area contributed by atoms with Gasteiger partial charge in [0.15, 0.2) is 11.5 Å². The molecule has 3 aliphatic carbocycles. The van der Waals surface area contributed by atoms with Crippen molar-refractivity contribution in [3.05, 3.63) is 48.5 Å². The first-order chi connectivity index (χ1) is 14.8. The van der Waals surface area contributed by atoms with Gasteiger partial charge in [-0.3, -0.25) is 9.48 Å². The predicted octanol–water partition coefficient (Wildman–Crippen LogP) is 2.69. The molecule has 8 heteroatoms. The van der Waals surface area contributed by atoms with Crippen LogP contribution >= 0.6 is 0 Å². The maximum atomic E-state index is 13.1. The second-order valence-electron chi connectivity index (χ2n) is 8.93. The second kappa shape index (κ2) is 7.16. The van der Waals surface area contributed by atoms with Crippen molar-refractivity contribution in [3.63, 3.8) is 0 Å². The SMILES string of the molecule is Cn1cc(-c2cccc(-c3cnc(N)c(C(=O)NC45CCC(O)(CC4)CC5)n3)c2)cn1. The van der Waals surface area contributed by atoms with Crippen molar-refractivity contribution in [2.75, 3.05) is 5.73 Å². The lowest BCUT2D eigenvalue weighted by molar-refractivity contribution is -0.0702. The molecule has 0 spiro atoms. The Bertz CT molecular complexity index is 1130. The van der Waals surface area contributed by atoms with Crippen molar-refractivity contribution in [2.45, 2.75) is 49.7 Å². The molecule has 4 N–H and O–H groups in total. The number of rotatable bonds is 4. The Labute approximate surface area is 180 Å². The number of nitrogens with zero attached hydrogens (tertiary/aromatic N) is 4. The van der Waals surface area contributed by atoms with Crippen LogP contribution in [0.2, 0.25) is 0 Å². The number of hydrogen-bond acceptors (Lipinski definition) is 6. The summed E-state index contributed by atoms with van der Waals surface area (Å²) in [5.41, 5.74) is 8.77. The van der Waals surface area contributed by atoms with Crippen LogP contribution in [0.5, 0.6) is 0 Å². The molecule has 3 aromatic rings. The maximum Gasteiger partial charge on any atom is 0.274 e. The summed E-state index contributed by atoms with van der Waals surface area (Å²) < 4.78 is 1.75. The molecule has 0 atom stereocenters. The van der Waals surface area contributed by atoms with Crippen LogP contribution < -0.4 is 11.1 Å². The molecule has 2 heterocycles. The molecule has 0 unspecified atom stereocenters. The third kappa shape index (κ3) is 3.67. The molecule has 31 heavy (non-hydrogen) atoms. The van der Waals surface area contributed by atoms with E-state index in [9.17, 15) is 9.90 Å². The van der Waals surface area contributed by atoms with Gasteiger partial charge in [0.1, 0.15) is 0 Å². The standard InChI is InChI=1S/C23H26N6O2/c1-29-14-17(12-26-29)15-3-2-4-16(11-15)18-13-25-20(24)19(27-18)21(30)28-22-5-8-23(31,9-6-22)10-7-22/h2-4,11-14,31H,5-10H2,1H3,(H2,24,25)(H,28,30). The predicted molar refractivity (Wildman–Crippen MR) is 117 cm³/mol. The number of carbonyl (C=O) groups is 1. The van der Waals surface area contributed by atoms with E-state index < -0.39 is 5.60 Å². The van der Waals surface area contributed by atoms with Crippen LogP contribution in [0.1, 0.15) is 49.0 Å². The quantitative estimate of drug-likeness (QED) is 0.599. The molecule has 2 aromatic heterocycles. The second-order valence-corrected chi connectivity index (χ2v) is 8.93. The average Bonchev–Trinajstić information content (AvgIpc) is 3.22. The van der Waals surface area contributed by atoms with Crippen LogP contribution in [0.15, 0.2) is 42.9 Å². The third-order valence-electron chi connectivity index (χ3n) is 6.80. The van der Waals surface area contributed by atoms with Gasteiger partial charge in [-0.1, -0.05) is 18.2 Å². The fraction of sp³-hybridized carbons (Fsp3) is 0.391. The number of aliphatic hydroxyl groups is 1. The summed E-state index contributed by atoms with van der Waals surface area (Å²) >= 11 is 0. The first-order valence-electron chi connectivity index (χ1n) is 10.6. The molecule has 8 nitrogen and oxygen atoms in total. The number of anilines is 1. The molecule has 0 aliphatic heterocycles. The van der Waals surface area contributed by atoms with Crippen LogP contribution in [0.3, 0.4) is 0 Å². The number of fused-ring (bicyclic) bond motifs is 3. The first-order valence-corrected chi connectivity index (χ1v) is 10.6. The molecule has 1 amide bonds. The van der Waals surface area contributed by atoms with Crippen LogP contribution in [0, 0.1) is 0 Å². The fourth-order valence-corrected chi connectivity index (χ4v) is 4.79. The van der Waals surface area contributed by atoms with Crippen LogP contribution in [-0.4, -0.2) is 41.9 Å². The Balaban J connectivity index is 1.41. The van der Waals surface area contributed by atoms with Crippen molar-refractivity contribution in [1.82, 2.24) is 25.1 Å². The minimum Gasteiger partial charge on any atom is -0.390 e. The minimum absolute atomic E-state index is 0.115. The molecule has 160 valence electrons. The highest BCUT2D eigenvalue weighted by atomic mass is 16.3. The zero-order chi connectivity index (χ0) is 21.6. The van der Waals surface area contributed by atoms with E-state index in [1.807, 2.05) is 37.5 Å². The Morgan fingerprint density at radius 1 is 1.10 bits per heavy atom. The number of nitrogen functional groups attached to an aromatic ring is 1. The van der Waals surface area contributed by atoms with Crippen LogP contribution in [0.25, 0.3) is 22.4 Å². The normalized spacial score (nSPS) is 24.8. The van der Waals surface area contributed by atoms with Crippen LogP contribution in [-0.2, 0) is 7.05 Å². The average molecular weight is 419 g/mol. The van der Waals surface area contributed by atoms with Crippen LogP contribution in [0.4, 0.5) is 5.82 Å². The molecule has 3 aliphatic rings. The zero-order valence-electron chi connectivity index (χ0n) is 17.5. The number of aryl methyl sites for hydroxylation is 1. The number of hydrogen-bond donors (Lipinski definition) is 3. The Morgan fingerprint density at radius 3 is 2.48 bits per heavy atom. The van der Waals surface area contributed by atoms with E-state index >= 15 is 0 Å². The number of nitrogens with one attached hydrogen (secondary N) is 1. The summed E-state index contributed by atoms with van der Waals surface area (Å²) in [7, 11) is 1.88. The van der Waals surface area contributed by atoms with Crippen molar-refractivity contribution >= 4 is 11.7 Å². The number of benzene rings is 1. The number of aromatic nitrogens is 4. The Kier molecular flexibility index (Phi) is 4.55. The molecule has 0 saturated heterocycles. The highest BCUT2D eigenvalue weighted by molar-refractivity contribution is 5.97. The van der Waals surface area contributed by atoms with Crippen molar-refractivity contribution in [1.29, 1.82) is 0 Å². The highest BCUT2D eigenvalue weighted by Gasteiger charge is 2.48. The Hall–Kier alpha value is -3.26. The van der Waals surface area contributed by atoms with E-state index in [0.29, 0.717) is 5.69 Å². The van der Waals surface area contributed by atoms with E-state index in [-0.39, 0.29) is 23.0 Å². The van der Waals surface area contributed by atoms with E-state index in [1.165, 1.54) is 0 Å². The summed E-state index contributed by atoms with van der Waals surface area (Å²) in [6.45, 7) is 0. The zero-order valence-corrected chi connectivity index (χ0v) is 17.5. The molecule has 0 radical (unpaired) electrons. The number of carbonyl (C=O) groups excluding carboxylic acids is 1. The molecule has 6 rings (SSSR count). The molecule has 2 bridgehead atoms. The maximum absolute atomic E-state index is 13.1. The topological polar surface area (TPSA) is 119 Å². The van der Waals surface area contributed by atoms with Crippen molar-refractivity contribution in [3.8, 4) is 22.4 Å². The fourth-order valence-electron chi connectivity index (χ4n) is 4.79. The molecular weight excluding hydrogens is 392 g/mol. The van der Waals surface area contributed by atoms with Gasteiger partial charge in [0, 0.05) is 29.9 Å². The lowest BCUT2D eigenvalue weighted by Gasteiger charge is -2.51. The van der Waals surface area contributed by atoms with E-state index in [2.05, 4.69) is 20.4 Å². The van der Waals surface area contributed by atoms with Gasteiger partial charge in [-0.25, -0.2) is 9.97 Å². The number of amides is 1. The summed E-state index contributed by atoms with van der Waals surface area (Å²) in [5, 5.41) is 17.8. The molecule has 1 aromatic carbocycles. The highest BCUT2D eigenvalue weighted by Crippen LogP contribution is 2.46. The third-order valence-corrected chi connectivity index (χ3v) is 6.80. The van der Waals surface area contributed by atoms with Gasteiger partial charge in [0.05, 0.1) is 23.7 Å². The largest absolute Gasteiger partial charge is 0.390 e. The summed E-state index contributed by atoms with van der Waals surface area (Å²) in [5.74, 6) is -0.188. The van der Waals surface area contributed by atoms with Gasteiger partial charge in [0.2, 0.25) is 0 Å². The Morgan fingerprint density at radius 2 is 1.81 bits per heavy atom. The van der Waals surface area contributed by atoms with Gasteiger partial charge in [0.25, 0.3) is 5.91 Å². The van der Waals surface area contributed by atoms with Gasteiger partial charge >= 0.3 is 0 Å². The summed E-state index contributed by atoms with van der Waals surface area (Å²) in [6, 6.07) is 7.88. The summed E-state index contributed by atoms with van der Waals surface area (Å²) in [4.78, 5) is 21.9. The van der Waals surface area contributed by atoms with Gasteiger partial charge in [-0.05, 0) is 50.2 Å². The lowest BCUT2D eigenvalue weighted by Crippen LogP contribution is -2.58. The van der Waals surface area contributed by atoms with E-state index in [1.54, 1.807) is 17.1 Å². The van der Waals surface area contributed by atoms with Crippen molar-refractivity contribution < 1.29 is 9.90 Å². The monoisotopic (exact) mass is 418 g/mol. The smallest absolute Gasteiger partial charge is 0.274 e. The summed E-state index contributed by atoms with van der Waals surface area (Å²) in [6.07, 6.45) is 9.82. The first kappa shape index (κ1) is 19.7. The van der Waals surface area contributed by atoms with Gasteiger partial charge in [-0.15, -0.1) is 0 Å². The van der Waals surface area contributed by atoms with E-state index in [0.717, 1.165) is 55.2 Å². The van der Waals surface area contributed by atoms with E-state index in [4.69, 9.17) is 5.73 Å². The van der Waals surface area contributed by atoms with Gasteiger partial charge in [-0.2, -0.15) is 5.10 Å².